The number of imidazole rings is 1. The van der Waals surface area contributed by atoms with Gasteiger partial charge in [0, 0.05) is 0 Å². The van der Waals surface area contributed by atoms with Gasteiger partial charge in [-0.05, 0) is 0 Å². The van der Waals surface area contributed by atoms with Crippen LogP contribution in [0.4, 0.5) is 5.82 Å². The summed E-state index contributed by atoms with van der Waals surface area (Å²) in [6.07, 6.45) is 0.594. The summed E-state index contributed by atoms with van der Waals surface area (Å²) in [6, 6.07) is 0. The van der Waals surface area contributed by atoms with Gasteiger partial charge in [-0.25, -0.2) is 14.1 Å². The number of phosphoric ester groups is 1. The molecule has 0 aliphatic carbocycles. The van der Waals surface area contributed by atoms with E-state index in [1.807, 2.05) is 0 Å². The molecule has 0 bridgehead atoms. The van der Waals surface area contributed by atoms with E-state index in [0.29, 0.717) is 0 Å². The average molecular weight is 468 g/mol. The smallest absolute Gasteiger partial charge is 0.387 e. The Morgan fingerprint density at radius 2 is 2.03 bits per heavy atom. The van der Waals surface area contributed by atoms with Crippen molar-refractivity contribution in [1.29, 1.82) is 0 Å². The Kier molecular flexibility index (Phi) is 6.38. The first-order chi connectivity index (χ1) is 13.9. The number of aliphatic hydroxyl groups excluding tert-OH is 2. The van der Waals surface area contributed by atoms with Crippen molar-refractivity contribution in [1.82, 2.24) is 14.5 Å². The fourth-order valence-corrected chi connectivity index (χ4v) is 4.54. The summed E-state index contributed by atoms with van der Waals surface area (Å²) in [5, 5.41) is 23.4. The topological polar surface area (TPSA) is 213 Å². The molecule has 5 atom stereocenters. The van der Waals surface area contributed by atoms with E-state index in [-0.39, 0.29) is 24.7 Å². The fourth-order valence-electron chi connectivity index (χ4n) is 2.94. The molecule has 15 nitrogen and oxygen atoms in total. The predicted octanol–water partition coefficient (Wildman–Crippen LogP) is -1.81. The molecule has 2 aliphatic rings. The Morgan fingerprint density at radius 3 is 2.67 bits per heavy atom. The van der Waals surface area contributed by atoms with Gasteiger partial charge in [0.2, 0.25) is 0 Å². The Morgan fingerprint density at radius 1 is 1.33 bits per heavy atom. The second kappa shape index (κ2) is 8.37. The first-order valence-electron chi connectivity index (χ1n) is 8.23. The number of aromatic nitrogens is 2. The zero-order valence-corrected chi connectivity index (χ0v) is 16.8. The first kappa shape index (κ1) is 22.9. The zero-order valence-electron chi connectivity index (χ0n) is 15.0. The van der Waals surface area contributed by atoms with E-state index in [0.717, 1.165) is 0 Å². The third-order valence-electron chi connectivity index (χ3n) is 4.23. The number of rotatable bonds is 7. The minimum atomic E-state index is -5.32. The van der Waals surface area contributed by atoms with Crippen LogP contribution in [0, 0.1) is 12.3 Å². The number of amides is 1. The molecule has 1 saturated heterocycles. The quantitative estimate of drug-likeness (QED) is 0.192. The van der Waals surface area contributed by atoms with Gasteiger partial charge in [0.05, 0.1) is 26.1 Å². The van der Waals surface area contributed by atoms with Gasteiger partial charge < -0.3 is 39.8 Å². The van der Waals surface area contributed by atoms with Gasteiger partial charge >= 0.3 is 15.6 Å². The van der Waals surface area contributed by atoms with Crippen molar-refractivity contribution >= 4 is 27.4 Å². The number of fused-ring (bicyclic) bond motifs is 1. The Bertz CT molecular complexity index is 955. The summed E-state index contributed by atoms with van der Waals surface area (Å²) < 4.78 is 37.0. The summed E-state index contributed by atoms with van der Waals surface area (Å²) in [5.41, 5.74) is 0.0105. The highest BCUT2D eigenvalue weighted by molar-refractivity contribution is 7.60. The second-order valence-corrected chi connectivity index (χ2v) is 9.10. The standard InChI is InChI=1S/C13H18N4O11P2/c1-2-3-16-5-15-11-8(12(16)20)14-6-17(11)13-10(19)9(18)7(27-13)4-26-30(24,25)28-29(21,22)23/h1,6-7,9-10,13,15,18-19H,3-5H2,(H,24,25)(H2,21,22,23)/t7-,9-,10-,13-/m1/s1. The maximum absolute atomic E-state index is 12.4. The largest absolute Gasteiger partial charge is 0.481 e. The average Bonchev–Trinajstić information content (AvgIpc) is 3.17. The molecule has 1 amide bonds. The lowest BCUT2D eigenvalue weighted by molar-refractivity contribution is -0.0511. The number of phosphoric acid groups is 2. The van der Waals surface area contributed by atoms with Crippen molar-refractivity contribution in [3.05, 3.63) is 12.0 Å². The van der Waals surface area contributed by atoms with Crippen LogP contribution in [0.15, 0.2) is 6.33 Å². The minimum absolute atomic E-state index is 0.0105. The number of carbonyl (C=O) groups is 1. The van der Waals surface area contributed by atoms with Crippen LogP contribution < -0.4 is 5.32 Å². The summed E-state index contributed by atoms with van der Waals surface area (Å²) >= 11 is 0. The normalized spacial score (nSPS) is 28.5. The van der Waals surface area contributed by atoms with E-state index in [9.17, 15) is 29.0 Å². The number of hydrogen-bond donors (Lipinski definition) is 6. The maximum atomic E-state index is 12.4. The lowest BCUT2D eigenvalue weighted by Gasteiger charge is -2.28. The van der Waals surface area contributed by atoms with Crippen LogP contribution in [-0.2, 0) is 22.7 Å². The number of anilines is 1. The number of carbonyl (C=O) groups excluding carboxylic acids is 1. The molecule has 1 fully saturated rings. The molecule has 30 heavy (non-hydrogen) atoms. The predicted molar refractivity (Wildman–Crippen MR) is 95.4 cm³/mol. The highest BCUT2D eigenvalue weighted by Crippen LogP contribution is 2.57. The van der Waals surface area contributed by atoms with E-state index in [1.165, 1.54) is 15.8 Å². The molecule has 166 valence electrons. The van der Waals surface area contributed by atoms with Crippen molar-refractivity contribution in [3.63, 3.8) is 0 Å². The molecule has 1 unspecified atom stereocenters. The number of terminal acetylenes is 1. The van der Waals surface area contributed by atoms with E-state index < -0.39 is 52.7 Å². The number of hydrogen-bond acceptors (Lipinski definition) is 10. The van der Waals surface area contributed by atoms with Crippen LogP contribution in [0.25, 0.3) is 0 Å². The minimum Gasteiger partial charge on any atom is -0.387 e. The molecule has 6 N–H and O–H groups in total. The highest BCUT2D eigenvalue weighted by atomic mass is 31.3. The van der Waals surface area contributed by atoms with Gasteiger partial charge in [-0.2, -0.15) is 4.31 Å². The van der Waals surface area contributed by atoms with Crippen LogP contribution in [-0.4, -0.2) is 83.4 Å². The van der Waals surface area contributed by atoms with Gasteiger partial charge in [0.25, 0.3) is 5.91 Å². The van der Waals surface area contributed by atoms with Crippen LogP contribution >= 0.6 is 15.6 Å². The summed E-state index contributed by atoms with van der Waals surface area (Å²) in [4.78, 5) is 44.1. The molecule has 0 saturated carbocycles. The molecule has 1 aromatic rings. The van der Waals surface area contributed by atoms with Crippen LogP contribution in [0.1, 0.15) is 16.7 Å². The molecule has 2 aliphatic heterocycles. The van der Waals surface area contributed by atoms with Gasteiger partial charge in [0.1, 0.15) is 24.1 Å². The lowest BCUT2D eigenvalue weighted by atomic mass is 10.1. The Balaban J connectivity index is 1.72. The van der Waals surface area contributed by atoms with Crippen molar-refractivity contribution in [2.75, 3.05) is 25.1 Å². The highest BCUT2D eigenvalue weighted by Gasteiger charge is 2.46. The maximum Gasteiger partial charge on any atom is 0.481 e. The molecule has 3 heterocycles. The number of nitrogens with one attached hydrogen (secondary N) is 1. The van der Waals surface area contributed by atoms with E-state index in [2.05, 4.69) is 25.1 Å². The Labute approximate surface area is 169 Å². The molecular weight excluding hydrogens is 450 g/mol. The zero-order chi connectivity index (χ0) is 22.3. The summed E-state index contributed by atoms with van der Waals surface area (Å²) in [7, 11) is -10.5. The Hall–Kier alpha value is -1.82. The van der Waals surface area contributed by atoms with Gasteiger partial charge in [0.15, 0.2) is 11.9 Å². The fraction of sp³-hybridized carbons (Fsp3) is 0.538. The van der Waals surface area contributed by atoms with E-state index in [4.69, 9.17) is 20.9 Å². The summed E-state index contributed by atoms with van der Waals surface area (Å²) in [6.45, 7) is -0.731. The SMILES string of the molecule is C#CCN1CNc2c(ncn2[C@@H]2O[C@H](COP(=O)(O)OP(=O)(O)O)[C@@H](O)[C@H]2O)C1=O. The summed E-state index contributed by atoms with van der Waals surface area (Å²) in [5.74, 6) is 2.08. The van der Waals surface area contributed by atoms with Gasteiger partial charge in [-0.1, -0.05) is 5.92 Å². The molecule has 0 aromatic carbocycles. The molecule has 0 spiro atoms. The molecule has 17 heteroatoms. The number of aliphatic hydroxyl groups is 2. The van der Waals surface area contributed by atoms with Crippen molar-refractivity contribution in [3.8, 4) is 12.3 Å². The lowest BCUT2D eigenvalue weighted by Crippen LogP contribution is -2.41. The van der Waals surface area contributed by atoms with Crippen LogP contribution in [0.2, 0.25) is 0 Å². The van der Waals surface area contributed by atoms with E-state index in [1.54, 1.807) is 0 Å². The monoisotopic (exact) mass is 468 g/mol. The molecular formula is C13H18N4O11P2. The van der Waals surface area contributed by atoms with Crippen molar-refractivity contribution in [2.45, 2.75) is 24.5 Å². The van der Waals surface area contributed by atoms with Gasteiger partial charge in [-0.15, -0.1) is 6.42 Å². The van der Waals surface area contributed by atoms with Crippen molar-refractivity contribution < 1.29 is 52.4 Å². The molecule has 1 aromatic heterocycles. The number of nitrogens with zero attached hydrogens (tertiary/aromatic N) is 3. The molecule has 0 radical (unpaired) electrons. The van der Waals surface area contributed by atoms with Crippen LogP contribution in [0.5, 0.6) is 0 Å². The third kappa shape index (κ3) is 4.74. The van der Waals surface area contributed by atoms with Crippen LogP contribution in [0.3, 0.4) is 0 Å². The molecule has 3 rings (SSSR count). The third-order valence-corrected chi connectivity index (χ3v) is 6.38. The number of ether oxygens (including phenoxy) is 1. The first-order valence-corrected chi connectivity index (χ1v) is 11.3. The van der Waals surface area contributed by atoms with Gasteiger partial charge in [-0.3, -0.25) is 13.9 Å². The van der Waals surface area contributed by atoms with E-state index >= 15 is 0 Å². The van der Waals surface area contributed by atoms with Crippen molar-refractivity contribution in [2.24, 2.45) is 0 Å². The second-order valence-electron chi connectivity index (χ2n) is 6.27.